The zero-order valence-corrected chi connectivity index (χ0v) is 11.3. The van der Waals surface area contributed by atoms with Gasteiger partial charge >= 0.3 is 0 Å². The molecule has 0 saturated carbocycles. The lowest BCUT2D eigenvalue weighted by Crippen LogP contribution is -2.10. The molecular weight excluding hydrogens is 270 g/mol. The Morgan fingerprint density at radius 1 is 1.35 bits per heavy atom. The van der Waals surface area contributed by atoms with Gasteiger partial charge in [-0.25, -0.2) is 0 Å². The molecule has 1 aromatic carbocycles. The van der Waals surface area contributed by atoms with Crippen molar-refractivity contribution in [2.24, 2.45) is 5.73 Å². The van der Waals surface area contributed by atoms with Gasteiger partial charge < -0.3 is 11.1 Å². The van der Waals surface area contributed by atoms with Crippen LogP contribution < -0.4 is 11.1 Å². The highest BCUT2D eigenvalue weighted by molar-refractivity contribution is 7.10. The van der Waals surface area contributed by atoms with Gasteiger partial charge in [0.25, 0.3) is 5.91 Å². The summed E-state index contributed by atoms with van der Waals surface area (Å²) in [7, 11) is 0. The Bertz CT molecular complexity index is 714. The van der Waals surface area contributed by atoms with Crippen LogP contribution in [0.3, 0.4) is 0 Å². The minimum absolute atomic E-state index is 0.202. The van der Waals surface area contributed by atoms with E-state index in [2.05, 4.69) is 17.2 Å². The van der Waals surface area contributed by atoms with Crippen molar-refractivity contribution in [3.63, 3.8) is 0 Å². The number of thiophene rings is 1. The third-order valence-corrected chi connectivity index (χ3v) is 3.29. The minimum Gasteiger partial charge on any atom is -0.322 e. The van der Waals surface area contributed by atoms with E-state index in [1.165, 1.54) is 11.3 Å². The smallest absolute Gasteiger partial charge is 0.256 e. The predicted octanol–water partition coefficient (Wildman–Crippen LogP) is 2.18. The van der Waals surface area contributed by atoms with Crippen LogP contribution in [-0.4, -0.2) is 12.5 Å². The highest BCUT2D eigenvalue weighted by Crippen LogP contribution is 2.16. The number of benzene rings is 1. The van der Waals surface area contributed by atoms with E-state index in [1.54, 1.807) is 35.7 Å². The largest absolute Gasteiger partial charge is 0.322 e. The molecule has 0 atom stereocenters. The van der Waals surface area contributed by atoms with Crippen LogP contribution in [0.2, 0.25) is 0 Å². The van der Waals surface area contributed by atoms with Crippen LogP contribution >= 0.6 is 11.3 Å². The van der Waals surface area contributed by atoms with Gasteiger partial charge in [0.2, 0.25) is 0 Å². The summed E-state index contributed by atoms with van der Waals surface area (Å²) in [5.74, 6) is 5.43. The number of nitriles is 1. The second-order valence-electron chi connectivity index (χ2n) is 3.85. The number of hydrogen-bond acceptors (Lipinski definition) is 4. The first-order chi connectivity index (χ1) is 9.72. The summed E-state index contributed by atoms with van der Waals surface area (Å²) < 4.78 is 0. The fraction of sp³-hybridized carbons (Fsp3) is 0.0667. The molecule has 0 aliphatic heterocycles. The summed E-state index contributed by atoms with van der Waals surface area (Å²) >= 11 is 1.40. The van der Waals surface area contributed by atoms with Gasteiger partial charge in [-0.3, -0.25) is 4.79 Å². The van der Waals surface area contributed by atoms with Crippen LogP contribution in [0.5, 0.6) is 0 Å². The Kier molecular flexibility index (Phi) is 4.52. The molecule has 0 unspecified atom stereocenters. The van der Waals surface area contributed by atoms with Crippen LogP contribution in [0.15, 0.2) is 35.7 Å². The molecule has 0 saturated heterocycles. The van der Waals surface area contributed by atoms with Gasteiger partial charge in [0.15, 0.2) is 0 Å². The van der Waals surface area contributed by atoms with Crippen LogP contribution in [0.4, 0.5) is 5.69 Å². The van der Waals surface area contributed by atoms with E-state index in [1.807, 2.05) is 6.07 Å². The van der Waals surface area contributed by atoms with Gasteiger partial charge in [-0.1, -0.05) is 11.8 Å². The summed E-state index contributed by atoms with van der Waals surface area (Å²) in [5, 5.41) is 13.2. The zero-order valence-electron chi connectivity index (χ0n) is 10.5. The molecule has 0 bridgehead atoms. The van der Waals surface area contributed by atoms with E-state index in [0.29, 0.717) is 23.4 Å². The number of nitrogens with two attached hydrogens (primary N) is 1. The van der Waals surface area contributed by atoms with Crippen molar-refractivity contribution >= 4 is 22.9 Å². The molecule has 3 N–H and O–H groups in total. The van der Waals surface area contributed by atoms with E-state index in [-0.39, 0.29) is 5.91 Å². The van der Waals surface area contributed by atoms with Crippen molar-refractivity contribution < 1.29 is 4.79 Å². The first-order valence-corrected chi connectivity index (χ1v) is 6.70. The number of carbonyl (C=O) groups excluding carboxylic acids is 1. The molecule has 2 aromatic rings. The fourth-order valence-electron chi connectivity index (χ4n) is 1.49. The average molecular weight is 281 g/mol. The monoisotopic (exact) mass is 281 g/mol. The van der Waals surface area contributed by atoms with Crippen molar-refractivity contribution in [3.8, 4) is 17.9 Å². The minimum atomic E-state index is -0.202. The molecule has 98 valence electrons. The summed E-state index contributed by atoms with van der Waals surface area (Å²) in [4.78, 5) is 12.8. The number of carbonyl (C=O) groups is 1. The lowest BCUT2D eigenvalue weighted by Gasteiger charge is -2.03. The number of anilines is 1. The van der Waals surface area contributed by atoms with Crippen molar-refractivity contribution in [3.05, 3.63) is 51.7 Å². The first-order valence-electron chi connectivity index (χ1n) is 5.82. The maximum Gasteiger partial charge on any atom is 0.256 e. The second-order valence-corrected chi connectivity index (χ2v) is 4.76. The summed E-state index contributed by atoms with van der Waals surface area (Å²) in [6.07, 6.45) is 0. The van der Waals surface area contributed by atoms with E-state index >= 15 is 0 Å². The number of nitrogens with zero attached hydrogens (tertiary/aromatic N) is 1. The molecule has 0 spiro atoms. The van der Waals surface area contributed by atoms with Crippen molar-refractivity contribution in [2.75, 3.05) is 11.9 Å². The molecule has 0 aliphatic carbocycles. The molecule has 0 fully saturated rings. The SMILES string of the molecule is N#Cc1ccc(NC(=O)c2csc(C#CCN)c2)cc1. The molecule has 1 amide bonds. The zero-order chi connectivity index (χ0) is 14.4. The van der Waals surface area contributed by atoms with Crippen molar-refractivity contribution in [1.82, 2.24) is 0 Å². The fourth-order valence-corrected chi connectivity index (χ4v) is 2.25. The Balaban J connectivity index is 2.07. The second kappa shape index (κ2) is 6.53. The lowest BCUT2D eigenvalue weighted by atomic mass is 10.2. The Hall–Kier alpha value is -2.60. The van der Waals surface area contributed by atoms with Crippen LogP contribution in [0.25, 0.3) is 0 Å². The van der Waals surface area contributed by atoms with Crippen LogP contribution in [0.1, 0.15) is 20.8 Å². The molecule has 1 heterocycles. The Labute approximate surface area is 120 Å². The molecule has 5 heteroatoms. The molecule has 2 rings (SSSR count). The summed E-state index contributed by atoms with van der Waals surface area (Å²) in [6.45, 7) is 0.296. The molecule has 20 heavy (non-hydrogen) atoms. The van der Waals surface area contributed by atoms with Gasteiger partial charge in [0.1, 0.15) is 0 Å². The van der Waals surface area contributed by atoms with E-state index in [4.69, 9.17) is 11.0 Å². The standard InChI is InChI=1S/C15H11N3OS/c16-7-1-2-14-8-12(10-20-14)15(19)18-13-5-3-11(9-17)4-6-13/h3-6,8,10H,7,16H2,(H,18,19). The summed E-state index contributed by atoms with van der Waals surface area (Å²) in [5.41, 5.74) is 7.06. The van der Waals surface area contributed by atoms with Gasteiger partial charge in [0, 0.05) is 11.1 Å². The maximum atomic E-state index is 12.0. The van der Waals surface area contributed by atoms with E-state index in [0.717, 1.165) is 4.88 Å². The number of hydrogen-bond donors (Lipinski definition) is 2. The highest BCUT2D eigenvalue weighted by Gasteiger charge is 2.08. The van der Waals surface area contributed by atoms with E-state index < -0.39 is 0 Å². The van der Waals surface area contributed by atoms with Gasteiger partial charge in [-0.2, -0.15) is 5.26 Å². The molecule has 4 nitrogen and oxygen atoms in total. The van der Waals surface area contributed by atoms with E-state index in [9.17, 15) is 4.79 Å². The number of rotatable bonds is 2. The predicted molar refractivity (Wildman–Crippen MR) is 79.4 cm³/mol. The maximum absolute atomic E-state index is 12.0. The highest BCUT2D eigenvalue weighted by atomic mass is 32.1. The topological polar surface area (TPSA) is 78.9 Å². The normalized spacial score (nSPS) is 9.20. The van der Waals surface area contributed by atoms with Crippen LogP contribution in [0, 0.1) is 23.2 Å². The van der Waals surface area contributed by atoms with Gasteiger partial charge in [-0.15, -0.1) is 11.3 Å². The van der Waals surface area contributed by atoms with Crippen LogP contribution in [-0.2, 0) is 0 Å². The van der Waals surface area contributed by atoms with Crippen molar-refractivity contribution in [1.29, 1.82) is 5.26 Å². The number of nitrogens with one attached hydrogen (secondary N) is 1. The van der Waals surface area contributed by atoms with Gasteiger partial charge in [0.05, 0.1) is 28.6 Å². The molecule has 1 aromatic heterocycles. The number of amides is 1. The molecular formula is C15H11N3OS. The molecule has 0 radical (unpaired) electrons. The lowest BCUT2D eigenvalue weighted by molar-refractivity contribution is 0.102. The van der Waals surface area contributed by atoms with Crippen molar-refractivity contribution in [2.45, 2.75) is 0 Å². The molecule has 0 aliphatic rings. The summed E-state index contributed by atoms with van der Waals surface area (Å²) in [6, 6.07) is 10.4. The first kappa shape index (κ1) is 13.8. The third kappa shape index (κ3) is 3.46. The average Bonchev–Trinajstić information content (AvgIpc) is 2.95. The Morgan fingerprint density at radius 2 is 2.10 bits per heavy atom. The van der Waals surface area contributed by atoms with Gasteiger partial charge in [-0.05, 0) is 30.3 Å². The quantitative estimate of drug-likeness (QED) is 0.828. The Morgan fingerprint density at radius 3 is 2.75 bits per heavy atom. The third-order valence-electron chi connectivity index (χ3n) is 2.45.